The molecule has 0 amide bonds. The minimum atomic E-state index is -1.44. The van der Waals surface area contributed by atoms with E-state index < -0.39 is 28.2 Å². The van der Waals surface area contributed by atoms with Gasteiger partial charge in [0.2, 0.25) is 5.43 Å². The molecule has 0 aliphatic carbocycles. The van der Waals surface area contributed by atoms with E-state index in [0.717, 1.165) is 15.3 Å². The van der Waals surface area contributed by atoms with Gasteiger partial charge >= 0.3 is 11.7 Å². The average molecular weight is 251 g/mol. The number of fused-ring (bicyclic) bond motifs is 1. The van der Waals surface area contributed by atoms with Gasteiger partial charge in [-0.2, -0.15) is 0 Å². The van der Waals surface area contributed by atoms with Crippen molar-refractivity contribution in [3.63, 3.8) is 0 Å². The van der Waals surface area contributed by atoms with Crippen LogP contribution in [0.2, 0.25) is 0 Å². The molecule has 0 atom stereocenters. The van der Waals surface area contributed by atoms with Gasteiger partial charge in [-0.1, -0.05) is 0 Å². The maximum Gasteiger partial charge on any atom is 0.341 e. The summed E-state index contributed by atoms with van der Waals surface area (Å²) in [6.07, 6.45) is 0.964. The van der Waals surface area contributed by atoms with Crippen molar-refractivity contribution >= 4 is 17.0 Å². The molecule has 0 radical (unpaired) electrons. The van der Waals surface area contributed by atoms with E-state index in [1.165, 1.54) is 14.1 Å². The molecule has 0 aromatic carbocycles. The minimum Gasteiger partial charge on any atom is -0.477 e. The lowest BCUT2D eigenvalue weighted by Crippen LogP contribution is -2.40. The summed E-state index contributed by atoms with van der Waals surface area (Å²) in [5.74, 6) is -1.44. The maximum absolute atomic E-state index is 11.9. The zero-order valence-corrected chi connectivity index (χ0v) is 9.55. The van der Waals surface area contributed by atoms with Gasteiger partial charge < -0.3 is 10.1 Å². The van der Waals surface area contributed by atoms with Crippen molar-refractivity contribution in [1.82, 2.24) is 14.1 Å². The first-order chi connectivity index (χ1) is 8.36. The number of nitrogens with zero attached hydrogens (tertiary/aromatic N) is 2. The first kappa shape index (κ1) is 11.8. The van der Waals surface area contributed by atoms with E-state index in [-0.39, 0.29) is 11.0 Å². The van der Waals surface area contributed by atoms with Crippen LogP contribution in [-0.4, -0.2) is 25.2 Å². The molecule has 0 saturated heterocycles. The lowest BCUT2D eigenvalue weighted by molar-refractivity contribution is 0.0695. The summed E-state index contributed by atoms with van der Waals surface area (Å²) in [6, 6.07) is 0. The Hall–Kier alpha value is -2.64. The molecule has 2 rings (SSSR count). The van der Waals surface area contributed by atoms with Crippen molar-refractivity contribution in [2.45, 2.75) is 0 Å². The summed E-state index contributed by atoms with van der Waals surface area (Å²) in [4.78, 5) is 48.6. The van der Waals surface area contributed by atoms with Gasteiger partial charge in [-0.25, -0.2) is 9.59 Å². The third-order valence-electron chi connectivity index (χ3n) is 2.72. The van der Waals surface area contributed by atoms with Crippen LogP contribution in [0.25, 0.3) is 11.0 Å². The molecule has 8 heteroatoms. The largest absolute Gasteiger partial charge is 0.477 e. The number of H-pyrrole nitrogens is 1. The standard InChI is InChI=1S/C10H9N3O5/c1-12-7-5(8(15)13(2)10(12)18)6(14)4(3-11-7)9(16)17/h3H,1-2H3,(H,11,14)(H,16,17). The Labute approximate surface area is 98.7 Å². The quantitative estimate of drug-likeness (QED) is 0.648. The number of aromatic amines is 1. The molecule has 2 heterocycles. The molecule has 0 bridgehead atoms. The van der Waals surface area contributed by atoms with Gasteiger partial charge in [0, 0.05) is 20.3 Å². The van der Waals surface area contributed by atoms with Gasteiger partial charge in [-0.3, -0.25) is 18.7 Å². The third kappa shape index (κ3) is 1.39. The molecule has 0 unspecified atom stereocenters. The van der Waals surface area contributed by atoms with E-state index in [4.69, 9.17) is 5.11 Å². The van der Waals surface area contributed by atoms with Gasteiger partial charge in [0.05, 0.1) is 0 Å². The van der Waals surface area contributed by atoms with Crippen molar-refractivity contribution in [2.75, 3.05) is 0 Å². The van der Waals surface area contributed by atoms with Crippen LogP contribution in [-0.2, 0) is 14.1 Å². The number of nitrogens with one attached hydrogen (secondary N) is 1. The van der Waals surface area contributed by atoms with Gasteiger partial charge in [0.15, 0.2) is 0 Å². The predicted octanol–water partition coefficient (Wildman–Crippen LogP) is -1.38. The second-order valence-electron chi connectivity index (χ2n) is 3.77. The van der Waals surface area contributed by atoms with Crippen LogP contribution in [0.1, 0.15) is 10.4 Å². The third-order valence-corrected chi connectivity index (χ3v) is 2.72. The van der Waals surface area contributed by atoms with Gasteiger partial charge in [-0.15, -0.1) is 0 Å². The predicted molar refractivity (Wildman–Crippen MR) is 62.0 cm³/mol. The van der Waals surface area contributed by atoms with Crippen LogP contribution < -0.4 is 16.7 Å². The molecular weight excluding hydrogens is 242 g/mol. The number of aryl methyl sites for hydroxylation is 1. The first-order valence-electron chi connectivity index (χ1n) is 4.91. The molecule has 0 saturated carbocycles. The highest BCUT2D eigenvalue weighted by atomic mass is 16.4. The number of aromatic nitrogens is 3. The van der Waals surface area contributed by atoms with E-state index >= 15 is 0 Å². The molecule has 94 valence electrons. The Kier molecular flexibility index (Phi) is 2.43. The molecule has 8 nitrogen and oxygen atoms in total. The fourth-order valence-corrected chi connectivity index (χ4v) is 1.72. The molecule has 18 heavy (non-hydrogen) atoms. The van der Waals surface area contributed by atoms with Crippen LogP contribution in [0.3, 0.4) is 0 Å². The van der Waals surface area contributed by atoms with Crippen LogP contribution >= 0.6 is 0 Å². The zero-order valence-electron chi connectivity index (χ0n) is 9.55. The Morgan fingerprint density at radius 1 is 1.22 bits per heavy atom. The fourth-order valence-electron chi connectivity index (χ4n) is 1.72. The fraction of sp³-hybridized carbons (Fsp3) is 0.200. The second kappa shape index (κ2) is 3.69. The van der Waals surface area contributed by atoms with Crippen molar-refractivity contribution in [2.24, 2.45) is 14.1 Å². The number of hydrogen-bond donors (Lipinski definition) is 2. The van der Waals surface area contributed by atoms with Crippen molar-refractivity contribution in [3.05, 3.63) is 42.8 Å². The Bertz CT molecular complexity index is 839. The SMILES string of the molecule is Cn1c(=O)c2c(=O)c(C(=O)O)c[nH]c2n(C)c1=O. The number of pyridine rings is 1. The molecule has 0 fully saturated rings. The molecule has 0 aliphatic rings. The highest BCUT2D eigenvalue weighted by molar-refractivity contribution is 5.91. The van der Waals surface area contributed by atoms with Crippen LogP contribution in [0.15, 0.2) is 20.6 Å². The Morgan fingerprint density at radius 3 is 2.39 bits per heavy atom. The summed E-state index contributed by atoms with van der Waals surface area (Å²) in [7, 11) is 2.59. The average Bonchev–Trinajstić information content (AvgIpc) is 2.32. The lowest BCUT2D eigenvalue weighted by Gasteiger charge is -2.06. The van der Waals surface area contributed by atoms with Gasteiger partial charge in [0.25, 0.3) is 5.56 Å². The summed E-state index contributed by atoms with van der Waals surface area (Å²) < 4.78 is 1.83. The van der Waals surface area contributed by atoms with E-state index in [1.807, 2.05) is 0 Å². The highest BCUT2D eigenvalue weighted by Gasteiger charge is 2.17. The van der Waals surface area contributed by atoms with E-state index in [2.05, 4.69) is 4.98 Å². The van der Waals surface area contributed by atoms with Crippen LogP contribution in [0, 0.1) is 0 Å². The van der Waals surface area contributed by atoms with E-state index in [0.29, 0.717) is 0 Å². The molecular formula is C10H9N3O5. The minimum absolute atomic E-state index is 0.00176. The molecule has 0 aliphatic heterocycles. The molecule has 2 N–H and O–H groups in total. The van der Waals surface area contributed by atoms with Crippen molar-refractivity contribution < 1.29 is 9.90 Å². The van der Waals surface area contributed by atoms with Gasteiger partial charge in [-0.05, 0) is 0 Å². The summed E-state index contributed by atoms with van der Waals surface area (Å²) in [5, 5.41) is 8.46. The normalized spacial score (nSPS) is 10.8. The highest BCUT2D eigenvalue weighted by Crippen LogP contribution is 2.00. The Morgan fingerprint density at radius 2 is 1.83 bits per heavy atom. The zero-order chi connectivity index (χ0) is 13.6. The lowest BCUT2D eigenvalue weighted by atomic mass is 10.2. The summed E-state index contributed by atoms with van der Waals surface area (Å²) in [6.45, 7) is 0. The van der Waals surface area contributed by atoms with E-state index in [9.17, 15) is 19.2 Å². The Balaban J connectivity index is 3.19. The number of carbonyl (C=O) groups is 1. The molecule has 2 aromatic heterocycles. The van der Waals surface area contributed by atoms with Crippen LogP contribution in [0.5, 0.6) is 0 Å². The number of carboxylic acids is 1. The van der Waals surface area contributed by atoms with Crippen LogP contribution in [0.4, 0.5) is 0 Å². The van der Waals surface area contributed by atoms with Crippen molar-refractivity contribution in [3.8, 4) is 0 Å². The number of aromatic carboxylic acids is 1. The van der Waals surface area contributed by atoms with Crippen molar-refractivity contribution in [1.29, 1.82) is 0 Å². The number of carboxylic acid groups (broad SMARTS) is 1. The molecule has 2 aromatic rings. The smallest absolute Gasteiger partial charge is 0.341 e. The summed E-state index contributed by atoms with van der Waals surface area (Å²) in [5.41, 5.74) is -2.88. The van der Waals surface area contributed by atoms with E-state index in [1.54, 1.807) is 0 Å². The van der Waals surface area contributed by atoms with Gasteiger partial charge in [0.1, 0.15) is 16.6 Å². The maximum atomic E-state index is 11.9. The first-order valence-corrected chi connectivity index (χ1v) is 4.91. The number of hydrogen-bond acceptors (Lipinski definition) is 4. The number of rotatable bonds is 1. The second-order valence-corrected chi connectivity index (χ2v) is 3.77. The molecule has 0 spiro atoms. The topological polar surface area (TPSA) is 114 Å². The summed E-state index contributed by atoms with van der Waals surface area (Å²) >= 11 is 0. The monoisotopic (exact) mass is 251 g/mol.